The first-order chi connectivity index (χ1) is 10.6. The average Bonchev–Trinajstić information content (AvgIpc) is 2.98. The molecule has 1 amide bonds. The molecule has 114 valence electrons. The summed E-state index contributed by atoms with van der Waals surface area (Å²) < 4.78 is 5.30. The van der Waals surface area contributed by atoms with E-state index >= 15 is 0 Å². The van der Waals surface area contributed by atoms with Gasteiger partial charge >= 0.3 is 0 Å². The van der Waals surface area contributed by atoms with Crippen LogP contribution >= 0.6 is 11.6 Å². The lowest BCUT2D eigenvalue weighted by Gasteiger charge is -2.22. The minimum absolute atomic E-state index is 0.0662. The number of furan rings is 1. The molecule has 1 aromatic carbocycles. The molecule has 0 aliphatic carbocycles. The summed E-state index contributed by atoms with van der Waals surface area (Å²) in [5.74, 6) is -0.0662. The second-order valence-corrected chi connectivity index (χ2v) is 5.20. The van der Waals surface area contributed by atoms with Gasteiger partial charge in [-0.1, -0.05) is 24.3 Å². The largest absolute Gasteiger partial charge is 0.464 e. The molecule has 0 atom stereocenters. The van der Waals surface area contributed by atoms with Gasteiger partial charge in [-0.15, -0.1) is 0 Å². The molecular formula is C18H18ClNO2. The Hall–Kier alpha value is -2.26. The van der Waals surface area contributed by atoms with Crippen molar-refractivity contribution in [3.05, 3.63) is 71.6 Å². The number of amides is 1. The lowest BCUT2D eigenvalue weighted by Crippen LogP contribution is -2.29. The van der Waals surface area contributed by atoms with Crippen LogP contribution in [0.15, 0.2) is 70.5 Å². The Balaban J connectivity index is 2.32. The summed E-state index contributed by atoms with van der Waals surface area (Å²) in [6, 6.07) is 7.26. The van der Waals surface area contributed by atoms with E-state index in [0.717, 1.165) is 16.7 Å². The van der Waals surface area contributed by atoms with E-state index in [4.69, 9.17) is 16.0 Å². The van der Waals surface area contributed by atoms with Crippen molar-refractivity contribution in [2.45, 2.75) is 13.8 Å². The van der Waals surface area contributed by atoms with E-state index in [1.807, 2.05) is 38.1 Å². The first-order valence-electron chi connectivity index (χ1n) is 7.04. The first kappa shape index (κ1) is 16.1. The molecule has 0 fully saturated rings. The molecule has 0 saturated carbocycles. The van der Waals surface area contributed by atoms with Gasteiger partial charge in [-0.3, -0.25) is 4.79 Å². The van der Waals surface area contributed by atoms with Crippen molar-refractivity contribution in [2.24, 2.45) is 0 Å². The van der Waals surface area contributed by atoms with E-state index in [1.54, 1.807) is 29.4 Å². The summed E-state index contributed by atoms with van der Waals surface area (Å²) in [7, 11) is 0. The van der Waals surface area contributed by atoms with Gasteiger partial charge in [0, 0.05) is 28.2 Å². The molecule has 22 heavy (non-hydrogen) atoms. The Morgan fingerprint density at radius 1 is 1.36 bits per heavy atom. The Morgan fingerprint density at radius 2 is 2.14 bits per heavy atom. The number of carbonyl (C=O) groups excluding carboxylic acids is 1. The summed E-state index contributed by atoms with van der Waals surface area (Å²) in [4.78, 5) is 14.4. The molecule has 3 nitrogen and oxygen atoms in total. The monoisotopic (exact) mass is 315 g/mol. The van der Waals surface area contributed by atoms with Gasteiger partial charge in [0.15, 0.2) is 0 Å². The number of hydrogen-bond donors (Lipinski definition) is 0. The highest BCUT2D eigenvalue weighted by atomic mass is 35.5. The maximum absolute atomic E-state index is 12.8. The molecule has 0 spiro atoms. The predicted molar refractivity (Wildman–Crippen MR) is 90.8 cm³/mol. The van der Waals surface area contributed by atoms with E-state index in [9.17, 15) is 4.79 Å². The van der Waals surface area contributed by atoms with Crippen molar-refractivity contribution in [3.63, 3.8) is 0 Å². The number of carbonyl (C=O) groups is 1. The van der Waals surface area contributed by atoms with Gasteiger partial charge in [0.05, 0.1) is 6.26 Å². The summed E-state index contributed by atoms with van der Waals surface area (Å²) in [6.07, 6.45) is 6.94. The van der Waals surface area contributed by atoms with Crippen LogP contribution < -0.4 is 0 Å². The summed E-state index contributed by atoms with van der Waals surface area (Å²) in [5.41, 5.74) is 2.17. The fourth-order valence-electron chi connectivity index (χ4n) is 2.22. The van der Waals surface area contributed by atoms with Crippen molar-refractivity contribution >= 4 is 28.5 Å². The molecule has 2 aromatic rings. The maximum atomic E-state index is 12.8. The third-order valence-corrected chi connectivity index (χ3v) is 3.43. The van der Waals surface area contributed by atoms with Gasteiger partial charge in [0.2, 0.25) is 0 Å². The number of halogens is 1. The first-order valence-corrected chi connectivity index (χ1v) is 7.42. The molecule has 0 aliphatic heterocycles. The van der Waals surface area contributed by atoms with Gasteiger partial charge in [-0.25, -0.2) is 0 Å². The number of rotatable bonds is 5. The highest BCUT2D eigenvalue weighted by Crippen LogP contribution is 2.20. The lowest BCUT2D eigenvalue weighted by atomic mass is 10.1. The molecule has 0 N–H and O–H groups in total. The number of likely N-dealkylation sites (N-methyl/N-ethyl adjacent to an activating group) is 1. The number of fused-ring (bicyclic) bond motifs is 1. The molecule has 0 bridgehead atoms. The predicted octanol–water partition coefficient (Wildman–Crippen LogP) is 5.11. The van der Waals surface area contributed by atoms with E-state index < -0.39 is 0 Å². The molecule has 2 rings (SSSR count). The second-order valence-electron chi connectivity index (χ2n) is 4.72. The SMILES string of the molecule is C=C(Cl)/C=C\C(=CC)N(CC)C(=O)c1ccc2occc2c1. The van der Waals surface area contributed by atoms with E-state index in [0.29, 0.717) is 17.1 Å². The zero-order valence-corrected chi connectivity index (χ0v) is 13.4. The van der Waals surface area contributed by atoms with Crippen LogP contribution in [-0.4, -0.2) is 17.4 Å². The van der Waals surface area contributed by atoms with Crippen LogP contribution in [0.5, 0.6) is 0 Å². The molecule has 0 saturated heterocycles. The van der Waals surface area contributed by atoms with E-state index in [-0.39, 0.29) is 5.91 Å². The van der Waals surface area contributed by atoms with Crippen LogP contribution in [0, 0.1) is 0 Å². The van der Waals surface area contributed by atoms with Crippen LogP contribution in [0.3, 0.4) is 0 Å². The minimum Gasteiger partial charge on any atom is -0.464 e. The van der Waals surface area contributed by atoms with Crippen LogP contribution in [0.4, 0.5) is 0 Å². The van der Waals surface area contributed by atoms with E-state index in [2.05, 4.69) is 6.58 Å². The zero-order valence-electron chi connectivity index (χ0n) is 12.7. The van der Waals surface area contributed by atoms with E-state index in [1.165, 1.54) is 0 Å². The van der Waals surface area contributed by atoms with Gasteiger partial charge in [0.1, 0.15) is 5.58 Å². The van der Waals surface area contributed by atoms with Gasteiger partial charge in [-0.2, -0.15) is 0 Å². The molecule has 4 heteroatoms. The molecule has 0 radical (unpaired) electrons. The third kappa shape index (κ3) is 3.49. The second kappa shape index (κ2) is 7.14. The smallest absolute Gasteiger partial charge is 0.258 e. The number of hydrogen-bond acceptors (Lipinski definition) is 2. The van der Waals surface area contributed by atoms with Crippen molar-refractivity contribution in [2.75, 3.05) is 6.54 Å². The van der Waals surface area contributed by atoms with Gasteiger partial charge in [0.25, 0.3) is 5.91 Å². The summed E-state index contributed by atoms with van der Waals surface area (Å²) >= 11 is 5.75. The van der Waals surface area contributed by atoms with Crippen molar-refractivity contribution in [3.8, 4) is 0 Å². The highest BCUT2D eigenvalue weighted by Gasteiger charge is 2.17. The maximum Gasteiger partial charge on any atom is 0.258 e. The Labute approximate surface area is 135 Å². The van der Waals surface area contributed by atoms with Crippen LogP contribution in [0.25, 0.3) is 11.0 Å². The Morgan fingerprint density at radius 3 is 2.77 bits per heavy atom. The fraction of sp³-hybridized carbons (Fsp3) is 0.167. The van der Waals surface area contributed by atoms with Crippen LogP contribution in [0.1, 0.15) is 24.2 Å². The lowest BCUT2D eigenvalue weighted by molar-refractivity contribution is 0.0817. The number of allylic oxidation sites excluding steroid dienone is 4. The molecule has 1 heterocycles. The molecule has 0 aliphatic rings. The van der Waals surface area contributed by atoms with Crippen LogP contribution in [0.2, 0.25) is 0 Å². The molecule has 0 unspecified atom stereocenters. The van der Waals surface area contributed by atoms with Gasteiger partial charge in [-0.05, 0) is 50.3 Å². The van der Waals surface area contributed by atoms with Crippen molar-refractivity contribution < 1.29 is 9.21 Å². The molecular weight excluding hydrogens is 298 g/mol. The van der Waals surface area contributed by atoms with Crippen molar-refractivity contribution in [1.82, 2.24) is 4.90 Å². The topological polar surface area (TPSA) is 33.5 Å². The normalized spacial score (nSPS) is 12.0. The average molecular weight is 316 g/mol. The fourth-order valence-corrected chi connectivity index (χ4v) is 2.28. The minimum atomic E-state index is -0.0662. The summed E-state index contributed by atoms with van der Waals surface area (Å²) in [6.45, 7) is 7.98. The third-order valence-electron chi connectivity index (χ3n) is 3.30. The quantitative estimate of drug-likeness (QED) is 0.719. The summed E-state index contributed by atoms with van der Waals surface area (Å²) in [5, 5.41) is 1.33. The van der Waals surface area contributed by atoms with Crippen molar-refractivity contribution in [1.29, 1.82) is 0 Å². The van der Waals surface area contributed by atoms with Crippen LogP contribution in [-0.2, 0) is 0 Å². The van der Waals surface area contributed by atoms with Gasteiger partial charge < -0.3 is 9.32 Å². The number of benzene rings is 1. The Bertz CT molecular complexity index is 755. The standard InChI is InChI=1S/C18H18ClNO2/c1-4-16(8-6-13(3)19)20(5-2)18(21)15-7-9-17-14(12-15)10-11-22-17/h4,6-12H,3,5H2,1-2H3/b8-6-,16-4?. The number of nitrogens with zero attached hydrogens (tertiary/aromatic N) is 1. The highest BCUT2D eigenvalue weighted by molar-refractivity contribution is 6.30. The molecule has 1 aromatic heterocycles. The zero-order chi connectivity index (χ0) is 16.1. The Kier molecular flexibility index (Phi) is 5.23.